The van der Waals surface area contributed by atoms with Crippen LogP contribution in [0, 0.1) is 0 Å². The average molecular weight is 260 g/mol. The Morgan fingerprint density at radius 1 is 1.39 bits per heavy atom. The number of rotatable bonds is 3. The van der Waals surface area contributed by atoms with Crippen molar-refractivity contribution in [2.45, 2.75) is 12.6 Å². The van der Waals surface area contributed by atoms with Crippen molar-refractivity contribution >= 4 is 11.3 Å². The van der Waals surface area contributed by atoms with Gasteiger partial charge in [0, 0.05) is 25.8 Å². The highest BCUT2D eigenvalue weighted by Crippen LogP contribution is 2.21. The summed E-state index contributed by atoms with van der Waals surface area (Å²) in [4.78, 5) is 6.82. The Bertz CT molecular complexity index is 472. The Hall–Kier alpha value is -1.23. The third-order valence-corrected chi connectivity index (χ3v) is 3.89. The zero-order valence-electron chi connectivity index (χ0n) is 10.2. The maximum absolute atomic E-state index is 5.81. The lowest BCUT2D eigenvalue weighted by molar-refractivity contribution is -0.0349. The van der Waals surface area contributed by atoms with Gasteiger partial charge in [-0.3, -0.25) is 9.88 Å². The molecule has 18 heavy (non-hydrogen) atoms. The summed E-state index contributed by atoms with van der Waals surface area (Å²) in [5.41, 5.74) is 2.43. The molecule has 0 aliphatic carbocycles. The molecule has 1 atom stereocenters. The molecular weight excluding hydrogens is 244 g/mol. The van der Waals surface area contributed by atoms with Crippen LogP contribution in [-0.2, 0) is 11.3 Å². The van der Waals surface area contributed by atoms with Crippen molar-refractivity contribution in [3.05, 3.63) is 52.5 Å². The first-order chi connectivity index (χ1) is 8.92. The zero-order valence-corrected chi connectivity index (χ0v) is 11.0. The Labute approximate surface area is 111 Å². The van der Waals surface area contributed by atoms with Crippen LogP contribution in [0.1, 0.15) is 17.4 Å². The summed E-state index contributed by atoms with van der Waals surface area (Å²) in [6, 6.07) is 8.19. The maximum atomic E-state index is 5.81. The molecule has 1 aliphatic rings. The predicted octanol–water partition coefficient (Wildman–Crippen LogP) is 2.72. The molecule has 1 saturated heterocycles. The highest BCUT2D eigenvalue weighted by molar-refractivity contribution is 7.07. The summed E-state index contributed by atoms with van der Waals surface area (Å²) in [7, 11) is 0. The lowest BCUT2D eigenvalue weighted by Gasteiger charge is -2.32. The van der Waals surface area contributed by atoms with E-state index < -0.39 is 0 Å². The van der Waals surface area contributed by atoms with Crippen LogP contribution >= 0.6 is 11.3 Å². The van der Waals surface area contributed by atoms with Gasteiger partial charge in [-0.1, -0.05) is 6.07 Å². The molecule has 4 heteroatoms. The first-order valence-electron chi connectivity index (χ1n) is 6.18. The van der Waals surface area contributed by atoms with E-state index in [2.05, 4.69) is 26.7 Å². The van der Waals surface area contributed by atoms with E-state index >= 15 is 0 Å². The van der Waals surface area contributed by atoms with Crippen molar-refractivity contribution in [3.63, 3.8) is 0 Å². The fraction of sp³-hybridized carbons (Fsp3) is 0.357. The number of thiophene rings is 1. The molecule has 0 spiro atoms. The average Bonchev–Trinajstić information content (AvgIpc) is 2.93. The number of morpholine rings is 1. The summed E-state index contributed by atoms with van der Waals surface area (Å²) in [6.45, 7) is 3.72. The topological polar surface area (TPSA) is 25.4 Å². The van der Waals surface area contributed by atoms with E-state index in [1.54, 1.807) is 11.3 Å². The van der Waals surface area contributed by atoms with Gasteiger partial charge in [-0.2, -0.15) is 11.3 Å². The Balaban J connectivity index is 1.65. The fourth-order valence-electron chi connectivity index (χ4n) is 2.23. The van der Waals surface area contributed by atoms with Crippen LogP contribution in [0.25, 0.3) is 0 Å². The lowest BCUT2D eigenvalue weighted by atomic mass is 10.1. The number of ether oxygens (including phenoxy) is 1. The van der Waals surface area contributed by atoms with Crippen LogP contribution < -0.4 is 0 Å². The smallest absolute Gasteiger partial charge is 0.112 e. The molecule has 94 valence electrons. The highest BCUT2D eigenvalue weighted by atomic mass is 32.1. The highest BCUT2D eigenvalue weighted by Gasteiger charge is 2.22. The SMILES string of the molecule is c1ccc(C2CN(Cc3ccsc3)CCO2)nc1. The van der Waals surface area contributed by atoms with Gasteiger partial charge < -0.3 is 4.74 Å². The van der Waals surface area contributed by atoms with E-state index in [1.165, 1.54) is 5.56 Å². The van der Waals surface area contributed by atoms with E-state index in [0.717, 1.165) is 31.9 Å². The van der Waals surface area contributed by atoms with Crippen LogP contribution in [0.4, 0.5) is 0 Å². The van der Waals surface area contributed by atoms with Crippen LogP contribution in [0.5, 0.6) is 0 Å². The van der Waals surface area contributed by atoms with Gasteiger partial charge in [-0.05, 0) is 34.5 Å². The zero-order chi connectivity index (χ0) is 12.2. The van der Waals surface area contributed by atoms with Gasteiger partial charge >= 0.3 is 0 Å². The van der Waals surface area contributed by atoms with Gasteiger partial charge in [0.25, 0.3) is 0 Å². The van der Waals surface area contributed by atoms with Gasteiger partial charge in [0.2, 0.25) is 0 Å². The molecule has 1 aliphatic heterocycles. The van der Waals surface area contributed by atoms with Crippen molar-refractivity contribution in [3.8, 4) is 0 Å². The normalized spacial score (nSPS) is 21.0. The molecule has 2 aromatic rings. The second-order valence-electron chi connectivity index (χ2n) is 4.48. The first kappa shape index (κ1) is 11.8. The molecule has 3 nitrogen and oxygen atoms in total. The van der Waals surface area contributed by atoms with E-state index in [4.69, 9.17) is 4.74 Å². The maximum Gasteiger partial charge on any atom is 0.112 e. The molecular formula is C14H16N2OS. The van der Waals surface area contributed by atoms with E-state index in [1.807, 2.05) is 24.4 Å². The molecule has 3 rings (SSSR count). The number of hydrogen-bond donors (Lipinski definition) is 0. The van der Waals surface area contributed by atoms with Crippen molar-refractivity contribution in [1.29, 1.82) is 0 Å². The standard InChI is InChI=1S/C14H16N2OS/c1-2-5-15-13(3-1)14-10-16(6-7-17-14)9-12-4-8-18-11-12/h1-5,8,11,14H,6-7,9-10H2. The second-order valence-corrected chi connectivity index (χ2v) is 5.26. The summed E-state index contributed by atoms with van der Waals surface area (Å²) in [6.07, 6.45) is 1.94. The monoisotopic (exact) mass is 260 g/mol. The van der Waals surface area contributed by atoms with Crippen molar-refractivity contribution in [2.24, 2.45) is 0 Å². The molecule has 0 saturated carbocycles. The van der Waals surface area contributed by atoms with E-state index in [0.29, 0.717) is 0 Å². The quantitative estimate of drug-likeness (QED) is 0.848. The van der Waals surface area contributed by atoms with Gasteiger partial charge in [-0.15, -0.1) is 0 Å². The molecule has 0 N–H and O–H groups in total. The van der Waals surface area contributed by atoms with Crippen molar-refractivity contribution in [1.82, 2.24) is 9.88 Å². The predicted molar refractivity (Wildman–Crippen MR) is 72.5 cm³/mol. The fourth-order valence-corrected chi connectivity index (χ4v) is 2.89. The second kappa shape index (κ2) is 5.61. The van der Waals surface area contributed by atoms with Gasteiger partial charge in [0.15, 0.2) is 0 Å². The number of hydrogen-bond acceptors (Lipinski definition) is 4. The molecule has 0 amide bonds. The van der Waals surface area contributed by atoms with E-state index in [9.17, 15) is 0 Å². The molecule has 0 bridgehead atoms. The van der Waals surface area contributed by atoms with E-state index in [-0.39, 0.29) is 6.10 Å². The van der Waals surface area contributed by atoms with Gasteiger partial charge in [0.05, 0.1) is 12.3 Å². The minimum atomic E-state index is 0.110. The van der Waals surface area contributed by atoms with Crippen LogP contribution in [0.2, 0.25) is 0 Å². The largest absolute Gasteiger partial charge is 0.369 e. The van der Waals surface area contributed by atoms with Crippen LogP contribution in [0.15, 0.2) is 41.2 Å². The number of nitrogens with zero attached hydrogens (tertiary/aromatic N) is 2. The van der Waals surface area contributed by atoms with Crippen LogP contribution in [-0.4, -0.2) is 29.6 Å². The Kier molecular flexibility index (Phi) is 3.69. The summed E-state index contributed by atoms with van der Waals surface area (Å²) in [5, 5.41) is 4.34. The molecule has 0 aromatic carbocycles. The third kappa shape index (κ3) is 2.77. The number of pyridine rings is 1. The Morgan fingerprint density at radius 2 is 2.39 bits per heavy atom. The summed E-state index contributed by atoms with van der Waals surface area (Å²) < 4.78 is 5.81. The van der Waals surface area contributed by atoms with Gasteiger partial charge in [-0.25, -0.2) is 0 Å². The summed E-state index contributed by atoms with van der Waals surface area (Å²) in [5.74, 6) is 0. The third-order valence-electron chi connectivity index (χ3n) is 3.15. The first-order valence-corrected chi connectivity index (χ1v) is 7.12. The molecule has 2 aromatic heterocycles. The summed E-state index contributed by atoms with van der Waals surface area (Å²) >= 11 is 1.76. The van der Waals surface area contributed by atoms with Crippen LogP contribution in [0.3, 0.4) is 0 Å². The molecule has 1 fully saturated rings. The molecule has 3 heterocycles. The molecule has 1 unspecified atom stereocenters. The lowest BCUT2D eigenvalue weighted by Crippen LogP contribution is -2.37. The van der Waals surface area contributed by atoms with Crippen molar-refractivity contribution < 1.29 is 4.74 Å². The van der Waals surface area contributed by atoms with Gasteiger partial charge in [0.1, 0.15) is 6.10 Å². The number of aromatic nitrogens is 1. The van der Waals surface area contributed by atoms with Crippen molar-refractivity contribution in [2.75, 3.05) is 19.7 Å². The Morgan fingerprint density at radius 3 is 3.17 bits per heavy atom. The molecule has 0 radical (unpaired) electrons. The minimum Gasteiger partial charge on any atom is -0.369 e. The minimum absolute atomic E-state index is 0.110.